The van der Waals surface area contributed by atoms with Crippen LogP contribution in [0.5, 0.6) is 0 Å². The van der Waals surface area contributed by atoms with E-state index in [4.69, 9.17) is 18.9 Å². The molecule has 0 amide bonds. The molecular formula is C15H17O4-. The van der Waals surface area contributed by atoms with Crippen molar-refractivity contribution in [3.05, 3.63) is 41.8 Å². The van der Waals surface area contributed by atoms with Crippen molar-refractivity contribution in [2.45, 2.75) is 0 Å². The average Bonchev–Trinajstić information content (AvgIpc) is 3.00. The van der Waals surface area contributed by atoms with Gasteiger partial charge in [0, 0.05) is 0 Å². The van der Waals surface area contributed by atoms with E-state index in [1.165, 1.54) is 11.5 Å². The van der Waals surface area contributed by atoms with Crippen molar-refractivity contribution in [2.75, 3.05) is 40.0 Å². The lowest BCUT2D eigenvalue weighted by molar-refractivity contribution is -0.183. The summed E-state index contributed by atoms with van der Waals surface area (Å²) in [4.78, 5) is 0. The Hall–Kier alpha value is -1.07. The molecule has 0 aromatic heterocycles. The van der Waals surface area contributed by atoms with E-state index in [0.717, 1.165) is 0 Å². The number of hydrogen-bond acceptors (Lipinski definition) is 4. The van der Waals surface area contributed by atoms with Crippen molar-refractivity contribution in [3.63, 3.8) is 0 Å². The van der Waals surface area contributed by atoms with Crippen LogP contribution in [0.4, 0.5) is 0 Å². The van der Waals surface area contributed by atoms with Crippen molar-refractivity contribution in [2.24, 2.45) is 10.8 Å². The normalized spacial score (nSPS) is 27.7. The first-order valence-electron chi connectivity index (χ1n) is 6.63. The third kappa shape index (κ3) is 1.51. The van der Waals surface area contributed by atoms with Crippen LogP contribution in [-0.2, 0) is 18.9 Å². The molecule has 1 aromatic carbocycles. The van der Waals surface area contributed by atoms with Gasteiger partial charge >= 0.3 is 0 Å². The predicted molar refractivity (Wildman–Crippen MR) is 67.2 cm³/mol. The Morgan fingerprint density at radius 2 is 1.21 bits per heavy atom. The molecular weight excluding hydrogens is 244 g/mol. The van der Waals surface area contributed by atoms with Crippen LogP contribution >= 0.6 is 0 Å². The van der Waals surface area contributed by atoms with Gasteiger partial charge in [-0.1, -0.05) is 6.07 Å². The fourth-order valence-corrected chi connectivity index (χ4v) is 3.70. The van der Waals surface area contributed by atoms with Crippen LogP contribution in [0.25, 0.3) is 0 Å². The first kappa shape index (κ1) is 11.7. The smallest absolute Gasteiger partial charge is 0.146 e. The topological polar surface area (TPSA) is 36.9 Å². The van der Waals surface area contributed by atoms with Crippen LogP contribution in [0, 0.1) is 16.7 Å². The Bertz CT molecular complexity index is 422. The maximum Gasteiger partial charge on any atom is 0.146 e. The Kier molecular flexibility index (Phi) is 2.60. The van der Waals surface area contributed by atoms with Gasteiger partial charge in [0.05, 0.1) is 26.4 Å². The van der Waals surface area contributed by atoms with Gasteiger partial charge in [0.15, 0.2) is 0 Å². The van der Waals surface area contributed by atoms with Crippen LogP contribution in [0.15, 0.2) is 30.3 Å². The average molecular weight is 261 g/mol. The highest BCUT2D eigenvalue weighted by Gasteiger charge is 2.72. The monoisotopic (exact) mass is 261 g/mol. The lowest BCUT2D eigenvalue weighted by atomic mass is 9.94. The summed E-state index contributed by atoms with van der Waals surface area (Å²) >= 11 is 0. The second kappa shape index (κ2) is 4.21. The largest absolute Gasteiger partial charge is 0.356 e. The van der Waals surface area contributed by atoms with E-state index < -0.39 is 0 Å². The lowest BCUT2D eigenvalue weighted by Crippen LogP contribution is -2.38. The van der Waals surface area contributed by atoms with Crippen LogP contribution in [0.3, 0.4) is 0 Å². The minimum atomic E-state index is -0.0625. The number of hydrogen-bond donors (Lipinski definition) is 0. The van der Waals surface area contributed by atoms with Gasteiger partial charge < -0.3 is 18.9 Å². The van der Waals surface area contributed by atoms with E-state index in [9.17, 15) is 0 Å². The molecule has 0 N–H and O–H groups in total. The lowest BCUT2D eigenvalue weighted by Gasteiger charge is -2.32. The predicted octanol–water partition coefficient (Wildman–Crippen LogP) is 1.60. The molecule has 2 saturated heterocycles. The molecule has 2 spiro atoms. The highest BCUT2D eigenvalue weighted by Crippen LogP contribution is 2.74. The first-order chi connectivity index (χ1) is 9.39. The molecule has 102 valence electrons. The summed E-state index contributed by atoms with van der Waals surface area (Å²) in [7, 11) is 0. The molecule has 0 bridgehead atoms. The van der Waals surface area contributed by atoms with E-state index in [-0.39, 0.29) is 10.8 Å². The number of ether oxygens (including phenoxy) is 4. The van der Waals surface area contributed by atoms with Crippen LogP contribution in [-0.4, -0.2) is 40.0 Å². The summed E-state index contributed by atoms with van der Waals surface area (Å²) in [5, 5.41) is 0. The van der Waals surface area contributed by atoms with Crippen LogP contribution in [0.2, 0.25) is 0 Å². The van der Waals surface area contributed by atoms with Gasteiger partial charge in [-0.3, -0.25) is 0 Å². The van der Waals surface area contributed by atoms with Crippen molar-refractivity contribution < 1.29 is 18.9 Å². The van der Waals surface area contributed by atoms with Gasteiger partial charge in [0.2, 0.25) is 0 Å². The second-order valence-corrected chi connectivity index (χ2v) is 5.53. The zero-order valence-electron chi connectivity index (χ0n) is 10.8. The van der Waals surface area contributed by atoms with Crippen molar-refractivity contribution in [3.8, 4) is 0 Å². The van der Waals surface area contributed by atoms with Gasteiger partial charge in [-0.05, 0) is 10.8 Å². The molecule has 2 aliphatic heterocycles. The van der Waals surface area contributed by atoms with Gasteiger partial charge in [-0.2, -0.15) is 17.7 Å². The SMILES string of the molecule is c1ccc([C-]2C3(COCOC3)C23COCOC3)cc1. The minimum absolute atomic E-state index is 0.0625. The van der Waals surface area contributed by atoms with E-state index >= 15 is 0 Å². The minimum Gasteiger partial charge on any atom is -0.356 e. The summed E-state index contributed by atoms with van der Waals surface area (Å²) < 4.78 is 22.3. The van der Waals surface area contributed by atoms with Gasteiger partial charge in [0.25, 0.3) is 0 Å². The highest BCUT2D eigenvalue weighted by atomic mass is 16.7. The fraction of sp³-hybridized carbons (Fsp3) is 0.533. The molecule has 3 aliphatic rings. The molecule has 0 radical (unpaired) electrons. The molecule has 0 unspecified atom stereocenters. The molecule has 4 nitrogen and oxygen atoms in total. The van der Waals surface area contributed by atoms with Gasteiger partial charge in [-0.15, -0.1) is 18.1 Å². The summed E-state index contributed by atoms with van der Waals surface area (Å²) in [6, 6.07) is 10.5. The first-order valence-corrected chi connectivity index (χ1v) is 6.63. The Labute approximate surface area is 112 Å². The van der Waals surface area contributed by atoms with E-state index in [0.29, 0.717) is 40.0 Å². The summed E-state index contributed by atoms with van der Waals surface area (Å²) in [5.74, 6) is 1.38. The van der Waals surface area contributed by atoms with Crippen LogP contribution < -0.4 is 0 Å². The molecule has 4 heteroatoms. The quantitative estimate of drug-likeness (QED) is 0.720. The molecule has 4 rings (SSSR count). The van der Waals surface area contributed by atoms with E-state index in [1.807, 2.05) is 6.07 Å². The van der Waals surface area contributed by atoms with Gasteiger partial charge in [-0.25, -0.2) is 0 Å². The molecule has 0 atom stereocenters. The number of benzene rings is 1. The second-order valence-electron chi connectivity index (χ2n) is 5.53. The molecule has 2 heterocycles. The Morgan fingerprint density at radius 3 is 1.68 bits per heavy atom. The Balaban J connectivity index is 1.71. The van der Waals surface area contributed by atoms with Crippen molar-refractivity contribution in [1.29, 1.82) is 0 Å². The fourth-order valence-electron chi connectivity index (χ4n) is 3.70. The number of rotatable bonds is 1. The third-order valence-corrected chi connectivity index (χ3v) is 4.60. The summed E-state index contributed by atoms with van der Waals surface area (Å²) in [5.41, 5.74) is 1.13. The Morgan fingerprint density at radius 1 is 0.737 bits per heavy atom. The molecule has 3 fully saturated rings. The molecule has 1 aliphatic carbocycles. The molecule has 1 saturated carbocycles. The van der Waals surface area contributed by atoms with E-state index in [2.05, 4.69) is 24.3 Å². The van der Waals surface area contributed by atoms with Crippen LogP contribution in [0.1, 0.15) is 5.56 Å². The van der Waals surface area contributed by atoms with Gasteiger partial charge in [0.1, 0.15) is 13.6 Å². The van der Waals surface area contributed by atoms with Crippen molar-refractivity contribution in [1.82, 2.24) is 0 Å². The van der Waals surface area contributed by atoms with Crippen molar-refractivity contribution >= 4 is 0 Å². The zero-order chi connectivity index (χ0) is 12.8. The highest BCUT2D eigenvalue weighted by molar-refractivity contribution is 5.55. The zero-order valence-corrected chi connectivity index (χ0v) is 10.8. The molecule has 19 heavy (non-hydrogen) atoms. The molecule has 1 aromatic rings. The summed E-state index contributed by atoms with van der Waals surface area (Å²) in [6.45, 7) is 3.57. The standard InChI is InChI=1S/C15H17O4/c1-2-4-12(5-3-1)13-14(6-16-10-17-7-14)15(13)8-18-11-19-9-15/h1-5H,6-11H2/q-1. The number of fused-ring (bicyclic) bond motifs is 1. The summed E-state index contributed by atoms with van der Waals surface area (Å²) in [6.07, 6.45) is 0. The maximum atomic E-state index is 5.57. The maximum absolute atomic E-state index is 5.57. The van der Waals surface area contributed by atoms with E-state index in [1.54, 1.807) is 0 Å². The third-order valence-electron chi connectivity index (χ3n) is 4.60.